The van der Waals surface area contributed by atoms with Gasteiger partial charge in [-0.15, -0.1) is 0 Å². The number of halogens is 1. The van der Waals surface area contributed by atoms with Crippen LogP contribution in [0.1, 0.15) is 50.6 Å². The fourth-order valence-electron chi connectivity index (χ4n) is 2.31. The average molecular weight is 328 g/mol. The zero-order valence-corrected chi connectivity index (χ0v) is 13.0. The summed E-state index contributed by atoms with van der Waals surface area (Å²) in [6, 6.07) is 4.04. The van der Waals surface area contributed by atoms with Crippen LogP contribution in [-0.4, -0.2) is 13.2 Å². The van der Waals surface area contributed by atoms with Crippen LogP contribution >= 0.6 is 15.9 Å². The second kappa shape index (κ2) is 7.15. The molecule has 0 saturated heterocycles. The van der Waals surface area contributed by atoms with E-state index in [1.807, 2.05) is 12.1 Å². The number of benzene rings is 1. The smallest absolute Gasteiger partial charge is 0.162 e. The molecule has 4 heteroatoms. The lowest BCUT2D eigenvalue weighted by molar-refractivity contribution is 0.171. The maximum atomic E-state index is 6.28. The number of ether oxygens (including phenoxy) is 2. The molecule has 1 aromatic carbocycles. The fourth-order valence-corrected chi connectivity index (χ4v) is 2.93. The van der Waals surface area contributed by atoms with Crippen LogP contribution in [0.25, 0.3) is 0 Å². The van der Waals surface area contributed by atoms with Gasteiger partial charge in [-0.2, -0.15) is 0 Å². The maximum absolute atomic E-state index is 6.28. The van der Waals surface area contributed by atoms with E-state index in [4.69, 9.17) is 15.2 Å². The Hall–Kier alpha value is -0.740. The number of rotatable bonds is 6. The van der Waals surface area contributed by atoms with E-state index in [2.05, 4.69) is 22.9 Å². The van der Waals surface area contributed by atoms with Crippen LogP contribution in [0, 0.1) is 0 Å². The minimum atomic E-state index is 0.0575. The van der Waals surface area contributed by atoms with Gasteiger partial charge >= 0.3 is 0 Å². The van der Waals surface area contributed by atoms with Gasteiger partial charge in [0, 0.05) is 10.5 Å². The molecule has 0 bridgehead atoms. The summed E-state index contributed by atoms with van der Waals surface area (Å²) >= 11 is 3.58. The predicted octanol–water partition coefficient (Wildman–Crippen LogP) is 4.19. The van der Waals surface area contributed by atoms with Gasteiger partial charge in [-0.1, -0.05) is 48.5 Å². The third-order valence-corrected chi connectivity index (χ3v) is 4.12. The molecule has 1 atom stereocenters. The zero-order chi connectivity index (χ0) is 13.7. The monoisotopic (exact) mass is 327 g/mol. The summed E-state index contributed by atoms with van der Waals surface area (Å²) in [6.45, 7) is 3.44. The minimum Gasteiger partial charge on any atom is -0.486 e. The van der Waals surface area contributed by atoms with Crippen molar-refractivity contribution in [3.8, 4) is 11.5 Å². The first-order chi connectivity index (χ1) is 9.22. The van der Waals surface area contributed by atoms with Gasteiger partial charge in [0.2, 0.25) is 0 Å². The highest BCUT2D eigenvalue weighted by Crippen LogP contribution is 2.38. The van der Waals surface area contributed by atoms with E-state index in [0.29, 0.717) is 13.2 Å². The Morgan fingerprint density at radius 2 is 1.84 bits per heavy atom. The molecule has 0 fully saturated rings. The van der Waals surface area contributed by atoms with Crippen LogP contribution in [-0.2, 0) is 0 Å². The summed E-state index contributed by atoms with van der Waals surface area (Å²) < 4.78 is 12.2. The standard InChI is InChI=1S/C15H22BrNO2/c1-2-3-4-5-6-13(17)11-9-14-15(10-12(11)16)19-8-7-18-14/h9-10,13H,2-8,17H2,1H3. The van der Waals surface area contributed by atoms with Crippen LogP contribution in [0.4, 0.5) is 0 Å². The summed E-state index contributed by atoms with van der Waals surface area (Å²) in [4.78, 5) is 0. The van der Waals surface area contributed by atoms with E-state index in [-0.39, 0.29) is 6.04 Å². The molecule has 1 aromatic rings. The SMILES string of the molecule is CCCCCCC(N)c1cc2c(cc1Br)OCCO2. The first-order valence-electron chi connectivity index (χ1n) is 7.07. The average Bonchev–Trinajstić information content (AvgIpc) is 2.42. The third kappa shape index (κ3) is 3.86. The fraction of sp³-hybridized carbons (Fsp3) is 0.600. The topological polar surface area (TPSA) is 44.5 Å². The summed E-state index contributed by atoms with van der Waals surface area (Å²) in [7, 11) is 0. The Balaban J connectivity index is 2.02. The molecule has 19 heavy (non-hydrogen) atoms. The second-order valence-electron chi connectivity index (χ2n) is 4.97. The van der Waals surface area contributed by atoms with E-state index >= 15 is 0 Å². The Labute approximate surface area is 123 Å². The molecule has 0 aliphatic carbocycles. The highest BCUT2D eigenvalue weighted by Gasteiger charge is 2.18. The molecule has 1 aliphatic heterocycles. The molecule has 1 heterocycles. The van der Waals surface area contributed by atoms with Crippen molar-refractivity contribution in [3.05, 3.63) is 22.2 Å². The van der Waals surface area contributed by atoms with Crippen LogP contribution in [0.15, 0.2) is 16.6 Å². The van der Waals surface area contributed by atoms with Gasteiger partial charge in [-0.25, -0.2) is 0 Å². The lowest BCUT2D eigenvalue weighted by Crippen LogP contribution is -2.17. The van der Waals surface area contributed by atoms with Gasteiger partial charge in [0.25, 0.3) is 0 Å². The number of unbranched alkanes of at least 4 members (excludes halogenated alkanes) is 3. The van der Waals surface area contributed by atoms with Crippen molar-refractivity contribution >= 4 is 15.9 Å². The molecule has 0 amide bonds. The molecule has 3 nitrogen and oxygen atoms in total. The van der Waals surface area contributed by atoms with Crippen molar-refractivity contribution in [1.82, 2.24) is 0 Å². The quantitative estimate of drug-likeness (QED) is 0.797. The van der Waals surface area contributed by atoms with Gasteiger partial charge in [0.1, 0.15) is 13.2 Å². The Bertz CT molecular complexity index is 423. The lowest BCUT2D eigenvalue weighted by Gasteiger charge is -2.22. The van der Waals surface area contributed by atoms with Gasteiger partial charge in [0.05, 0.1) is 0 Å². The Kier molecular flexibility index (Phi) is 5.52. The van der Waals surface area contributed by atoms with E-state index in [9.17, 15) is 0 Å². The van der Waals surface area contributed by atoms with Crippen molar-refractivity contribution in [3.63, 3.8) is 0 Å². The largest absolute Gasteiger partial charge is 0.486 e. The van der Waals surface area contributed by atoms with Crippen LogP contribution in [0.5, 0.6) is 11.5 Å². The summed E-state index contributed by atoms with van der Waals surface area (Å²) in [5.74, 6) is 1.62. The molecule has 2 rings (SSSR count). The van der Waals surface area contributed by atoms with Crippen molar-refractivity contribution in [2.75, 3.05) is 13.2 Å². The summed E-state index contributed by atoms with van der Waals surface area (Å²) in [5, 5.41) is 0. The second-order valence-corrected chi connectivity index (χ2v) is 5.83. The molecule has 1 unspecified atom stereocenters. The van der Waals surface area contributed by atoms with Crippen molar-refractivity contribution in [2.24, 2.45) is 5.73 Å². The number of hydrogen-bond donors (Lipinski definition) is 1. The highest BCUT2D eigenvalue weighted by molar-refractivity contribution is 9.10. The van der Waals surface area contributed by atoms with E-state index in [0.717, 1.165) is 28.0 Å². The normalized spacial score (nSPS) is 15.3. The molecule has 0 aromatic heterocycles. The number of hydrogen-bond acceptors (Lipinski definition) is 3. The van der Waals surface area contributed by atoms with E-state index in [1.54, 1.807) is 0 Å². The van der Waals surface area contributed by atoms with Gasteiger partial charge in [-0.3, -0.25) is 0 Å². The predicted molar refractivity (Wildman–Crippen MR) is 80.8 cm³/mol. The molecule has 2 N–H and O–H groups in total. The van der Waals surface area contributed by atoms with Crippen LogP contribution in [0.2, 0.25) is 0 Å². The van der Waals surface area contributed by atoms with Crippen molar-refractivity contribution in [2.45, 2.75) is 45.1 Å². The molecular weight excluding hydrogens is 306 g/mol. The summed E-state index contributed by atoms with van der Waals surface area (Å²) in [6.07, 6.45) is 5.98. The van der Waals surface area contributed by atoms with Gasteiger partial charge in [-0.05, 0) is 24.1 Å². The first-order valence-corrected chi connectivity index (χ1v) is 7.86. The van der Waals surface area contributed by atoms with Gasteiger partial charge < -0.3 is 15.2 Å². The molecule has 0 radical (unpaired) electrons. The number of nitrogens with two attached hydrogens (primary N) is 1. The van der Waals surface area contributed by atoms with Crippen LogP contribution < -0.4 is 15.2 Å². The maximum Gasteiger partial charge on any atom is 0.162 e. The zero-order valence-electron chi connectivity index (χ0n) is 11.5. The van der Waals surface area contributed by atoms with Crippen molar-refractivity contribution < 1.29 is 9.47 Å². The molecular formula is C15H22BrNO2. The molecule has 106 valence electrons. The highest BCUT2D eigenvalue weighted by atomic mass is 79.9. The van der Waals surface area contributed by atoms with E-state index < -0.39 is 0 Å². The van der Waals surface area contributed by atoms with E-state index in [1.165, 1.54) is 25.7 Å². The first kappa shape index (κ1) is 14.7. The van der Waals surface area contributed by atoms with Gasteiger partial charge in [0.15, 0.2) is 11.5 Å². The molecule has 0 saturated carbocycles. The molecule has 0 spiro atoms. The molecule has 1 aliphatic rings. The summed E-state index contributed by atoms with van der Waals surface area (Å²) in [5.41, 5.74) is 7.40. The Morgan fingerprint density at radius 3 is 2.53 bits per heavy atom. The van der Waals surface area contributed by atoms with Crippen LogP contribution in [0.3, 0.4) is 0 Å². The Morgan fingerprint density at radius 1 is 1.16 bits per heavy atom. The number of fused-ring (bicyclic) bond motifs is 1. The minimum absolute atomic E-state index is 0.0575. The third-order valence-electron chi connectivity index (χ3n) is 3.43. The van der Waals surface area contributed by atoms with Crippen molar-refractivity contribution in [1.29, 1.82) is 0 Å². The lowest BCUT2D eigenvalue weighted by atomic mass is 10.0.